The van der Waals surface area contributed by atoms with Crippen molar-refractivity contribution in [2.75, 3.05) is 37.7 Å². The minimum atomic E-state index is -0.909. The number of aliphatic hydroxyl groups excluding tert-OH is 1. The Morgan fingerprint density at radius 2 is 2.00 bits per heavy atom. The van der Waals surface area contributed by atoms with E-state index in [4.69, 9.17) is 14.1 Å². The second-order valence-electron chi connectivity index (χ2n) is 7.81. The van der Waals surface area contributed by atoms with Gasteiger partial charge in [-0.15, -0.1) is 0 Å². The van der Waals surface area contributed by atoms with Gasteiger partial charge in [0.25, 0.3) is 5.95 Å². The third kappa shape index (κ3) is 3.97. The summed E-state index contributed by atoms with van der Waals surface area (Å²) < 4.78 is 13.2. The van der Waals surface area contributed by atoms with Crippen molar-refractivity contribution in [1.82, 2.24) is 25.1 Å². The van der Waals surface area contributed by atoms with Gasteiger partial charge in [-0.2, -0.15) is 10.1 Å². The highest BCUT2D eigenvalue weighted by atomic mass is 16.5. The number of aliphatic hydroxyl groups is 1. The van der Waals surface area contributed by atoms with Gasteiger partial charge in [0.05, 0.1) is 19.4 Å². The number of anilines is 1. The molecule has 9 heteroatoms. The fourth-order valence-electron chi connectivity index (χ4n) is 3.85. The third-order valence-electron chi connectivity index (χ3n) is 5.48. The van der Waals surface area contributed by atoms with Crippen LogP contribution in [0.5, 0.6) is 0 Å². The molecule has 1 unspecified atom stereocenters. The van der Waals surface area contributed by atoms with Crippen LogP contribution < -0.4 is 10.2 Å². The first-order valence-electron chi connectivity index (χ1n) is 10.8. The van der Waals surface area contributed by atoms with E-state index in [1.165, 1.54) is 5.56 Å². The average molecular weight is 435 g/mol. The number of furan rings is 1. The van der Waals surface area contributed by atoms with Crippen molar-refractivity contribution in [3.63, 3.8) is 0 Å². The van der Waals surface area contributed by atoms with E-state index in [1.807, 2.05) is 25.4 Å². The minimum Gasteiger partial charge on any atom is -0.451 e. The Morgan fingerprint density at radius 1 is 1.16 bits per heavy atom. The molecule has 3 aromatic heterocycles. The monoisotopic (exact) mass is 434 g/mol. The summed E-state index contributed by atoms with van der Waals surface area (Å²) in [5, 5.41) is 17.8. The number of morpholine rings is 1. The molecule has 1 atom stereocenters. The number of rotatable bonds is 6. The zero-order valence-corrected chi connectivity index (χ0v) is 18.2. The number of aromatic nitrogens is 4. The van der Waals surface area contributed by atoms with Crippen molar-refractivity contribution < 1.29 is 14.3 Å². The van der Waals surface area contributed by atoms with Crippen LogP contribution in [0.3, 0.4) is 0 Å². The Hall–Kier alpha value is -3.27. The van der Waals surface area contributed by atoms with Gasteiger partial charge in [-0.3, -0.25) is 5.32 Å². The van der Waals surface area contributed by atoms with E-state index < -0.39 is 6.23 Å². The molecule has 1 aliphatic heterocycles. The van der Waals surface area contributed by atoms with Gasteiger partial charge < -0.3 is 19.2 Å². The molecule has 5 rings (SSSR count). The maximum Gasteiger partial charge on any atom is 0.253 e. The molecule has 0 saturated carbocycles. The largest absolute Gasteiger partial charge is 0.451 e. The van der Waals surface area contributed by atoms with Crippen molar-refractivity contribution in [2.45, 2.75) is 20.1 Å². The maximum absolute atomic E-state index is 10.4. The highest BCUT2D eigenvalue weighted by Gasteiger charge is 2.23. The van der Waals surface area contributed by atoms with Crippen LogP contribution in [0.25, 0.3) is 28.2 Å². The summed E-state index contributed by atoms with van der Waals surface area (Å²) in [6.45, 7) is 7.24. The Kier molecular flexibility index (Phi) is 5.60. The van der Waals surface area contributed by atoms with E-state index in [0.717, 1.165) is 11.1 Å². The first-order valence-corrected chi connectivity index (χ1v) is 10.8. The van der Waals surface area contributed by atoms with Gasteiger partial charge in [-0.1, -0.05) is 36.8 Å². The van der Waals surface area contributed by atoms with E-state index in [2.05, 4.69) is 45.4 Å². The molecular weight excluding hydrogens is 408 g/mol. The highest BCUT2D eigenvalue weighted by Crippen LogP contribution is 2.31. The van der Waals surface area contributed by atoms with Gasteiger partial charge >= 0.3 is 0 Å². The fourth-order valence-corrected chi connectivity index (χ4v) is 3.85. The van der Waals surface area contributed by atoms with Crippen LogP contribution in [-0.2, 0) is 4.74 Å². The Morgan fingerprint density at radius 3 is 2.78 bits per heavy atom. The van der Waals surface area contributed by atoms with Gasteiger partial charge in [0.1, 0.15) is 5.52 Å². The minimum absolute atomic E-state index is 0.406. The molecule has 2 N–H and O–H groups in total. The maximum atomic E-state index is 10.4. The summed E-state index contributed by atoms with van der Waals surface area (Å²) in [7, 11) is 0. The third-order valence-corrected chi connectivity index (χ3v) is 5.48. The summed E-state index contributed by atoms with van der Waals surface area (Å²) >= 11 is 0. The number of aryl methyl sites for hydroxylation is 1. The van der Waals surface area contributed by atoms with E-state index in [-0.39, 0.29) is 0 Å². The lowest BCUT2D eigenvalue weighted by atomic mass is 10.1. The van der Waals surface area contributed by atoms with E-state index in [9.17, 15) is 5.11 Å². The lowest BCUT2D eigenvalue weighted by Crippen LogP contribution is -2.37. The molecule has 1 fully saturated rings. The summed E-state index contributed by atoms with van der Waals surface area (Å²) in [5.41, 5.74) is 4.43. The predicted octanol–water partition coefficient (Wildman–Crippen LogP) is 2.82. The molecule has 0 radical (unpaired) electrons. The molecule has 32 heavy (non-hydrogen) atoms. The molecule has 4 heterocycles. The van der Waals surface area contributed by atoms with Gasteiger partial charge in [-0.05, 0) is 19.0 Å². The SMILES string of the molecule is CCNC(O)c1cc2nc(-n3cc(-c4cccc(C)c4)cn3)nc(N3CCOCC3)c2o1. The molecule has 0 aliphatic carbocycles. The standard InChI is InChI=1S/C23H26N6O3/c1-3-24-22(30)19-12-18-20(32-19)21(28-7-9-31-10-8-28)27-23(26-18)29-14-17(13-25-29)16-6-4-5-15(2)11-16/h4-6,11-14,22,24,30H,3,7-10H2,1-2H3. The Labute approximate surface area is 185 Å². The lowest BCUT2D eigenvalue weighted by Gasteiger charge is -2.27. The van der Waals surface area contributed by atoms with Crippen LogP contribution in [0, 0.1) is 6.92 Å². The Balaban J connectivity index is 1.58. The molecule has 0 spiro atoms. The van der Waals surface area contributed by atoms with E-state index in [1.54, 1.807) is 10.7 Å². The zero-order chi connectivity index (χ0) is 22.1. The zero-order valence-electron chi connectivity index (χ0n) is 18.2. The number of benzene rings is 1. The van der Waals surface area contributed by atoms with Crippen LogP contribution in [0.15, 0.2) is 47.1 Å². The number of hydrogen-bond acceptors (Lipinski definition) is 8. The molecule has 0 amide bonds. The molecule has 0 bridgehead atoms. The summed E-state index contributed by atoms with van der Waals surface area (Å²) in [5.74, 6) is 1.53. The van der Waals surface area contributed by atoms with E-state index >= 15 is 0 Å². The average Bonchev–Trinajstić information content (AvgIpc) is 3.47. The molecule has 1 aromatic carbocycles. The number of fused-ring (bicyclic) bond motifs is 1. The van der Waals surface area contributed by atoms with Crippen molar-refractivity contribution in [1.29, 1.82) is 0 Å². The highest BCUT2D eigenvalue weighted by molar-refractivity contribution is 5.85. The van der Waals surface area contributed by atoms with Gasteiger partial charge in [0.2, 0.25) is 0 Å². The number of ether oxygens (including phenoxy) is 1. The number of hydrogen-bond donors (Lipinski definition) is 2. The van der Waals surface area contributed by atoms with Crippen molar-refractivity contribution in [3.8, 4) is 17.1 Å². The summed E-state index contributed by atoms with van der Waals surface area (Å²) in [6, 6.07) is 10.0. The van der Waals surface area contributed by atoms with E-state index in [0.29, 0.717) is 61.5 Å². The number of nitrogens with zero attached hydrogens (tertiary/aromatic N) is 5. The molecular formula is C23H26N6O3. The predicted molar refractivity (Wildman–Crippen MR) is 121 cm³/mol. The van der Waals surface area contributed by atoms with Crippen LogP contribution in [-0.4, -0.2) is 57.7 Å². The first kappa shape index (κ1) is 20.6. The topological polar surface area (TPSA) is 101 Å². The molecule has 1 aliphatic rings. The normalized spacial score (nSPS) is 15.4. The fraction of sp³-hybridized carbons (Fsp3) is 0.348. The van der Waals surface area contributed by atoms with Gasteiger partial charge in [0, 0.05) is 30.9 Å². The van der Waals surface area contributed by atoms with Crippen molar-refractivity contribution in [2.24, 2.45) is 0 Å². The summed E-state index contributed by atoms with van der Waals surface area (Å²) in [6.07, 6.45) is 2.83. The smallest absolute Gasteiger partial charge is 0.253 e. The number of nitrogens with one attached hydrogen (secondary N) is 1. The molecule has 9 nitrogen and oxygen atoms in total. The van der Waals surface area contributed by atoms with Crippen molar-refractivity contribution in [3.05, 3.63) is 54.0 Å². The van der Waals surface area contributed by atoms with Crippen LogP contribution in [0.1, 0.15) is 24.5 Å². The molecule has 166 valence electrons. The Bertz CT molecular complexity index is 1230. The van der Waals surface area contributed by atoms with Gasteiger partial charge in [-0.25, -0.2) is 9.67 Å². The van der Waals surface area contributed by atoms with Crippen LogP contribution in [0.2, 0.25) is 0 Å². The summed E-state index contributed by atoms with van der Waals surface area (Å²) in [4.78, 5) is 11.6. The van der Waals surface area contributed by atoms with Crippen LogP contribution >= 0.6 is 0 Å². The van der Waals surface area contributed by atoms with Crippen molar-refractivity contribution >= 4 is 16.9 Å². The van der Waals surface area contributed by atoms with Crippen LogP contribution in [0.4, 0.5) is 5.82 Å². The first-order chi connectivity index (χ1) is 15.6. The molecule has 4 aromatic rings. The van der Waals surface area contributed by atoms with Gasteiger partial charge in [0.15, 0.2) is 23.4 Å². The molecule has 1 saturated heterocycles. The quantitative estimate of drug-likeness (QED) is 0.447. The second-order valence-corrected chi connectivity index (χ2v) is 7.81. The lowest BCUT2D eigenvalue weighted by molar-refractivity contribution is 0.117. The second kappa shape index (κ2) is 8.70.